The van der Waals surface area contributed by atoms with Crippen molar-refractivity contribution in [2.24, 2.45) is 5.92 Å². The monoisotopic (exact) mass is 274 g/mol. The van der Waals surface area contributed by atoms with Crippen molar-refractivity contribution in [1.29, 1.82) is 0 Å². The molecule has 0 saturated heterocycles. The van der Waals surface area contributed by atoms with Crippen LogP contribution in [0.2, 0.25) is 5.28 Å². The standard InChI is InChI=1S/C11H19ClN4O2/c1-4-5-18-11-15-9(12)14-10(16-11)13-8(3)7(2)6-17/h7-8,17H,4-6H2,1-3H3,(H,13,14,15,16). The molecule has 0 amide bonds. The Morgan fingerprint density at radius 3 is 2.67 bits per heavy atom. The predicted octanol–water partition coefficient (Wildman–Crippen LogP) is 1.74. The highest BCUT2D eigenvalue weighted by Gasteiger charge is 2.13. The minimum atomic E-state index is 0.0208. The molecule has 0 fully saturated rings. The molecule has 6 nitrogen and oxygen atoms in total. The van der Waals surface area contributed by atoms with Gasteiger partial charge in [0.25, 0.3) is 0 Å². The lowest BCUT2D eigenvalue weighted by atomic mass is 10.1. The summed E-state index contributed by atoms with van der Waals surface area (Å²) in [6.07, 6.45) is 0.865. The van der Waals surface area contributed by atoms with Gasteiger partial charge in [-0.15, -0.1) is 0 Å². The van der Waals surface area contributed by atoms with E-state index in [1.165, 1.54) is 0 Å². The lowest BCUT2D eigenvalue weighted by Gasteiger charge is -2.19. The molecule has 18 heavy (non-hydrogen) atoms. The van der Waals surface area contributed by atoms with Crippen molar-refractivity contribution in [2.45, 2.75) is 33.2 Å². The summed E-state index contributed by atoms with van der Waals surface area (Å²) in [5, 5.41) is 12.2. The molecule has 0 spiro atoms. The van der Waals surface area contributed by atoms with E-state index in [-0.39, 0.29) is 29.9 Å². The molecule has 0 aromatic carbocycles. The highest BCUT2D eigenvalue weighted by Crippen LogP contribution is 2.14. The number of aliphatic hydroxyl groups is 1. The highest BCUT2D eigenvalue weighted by atomic mass is 35.5. The molecule has 2 unspecified atom stereocenters. The molecule has 0 saturated carbocycles. The summed E-state index contributed by atoms with van der Waals surface area (Å²) in [4.78, 5) is 12.0. The molecule has 1 heterocycles. The number of nitrogens with zero attached hydrogens (tertiary/aromatic N) is 3. The summed E-state index contributed by atoms with van der Waals surface area (Å²) >= 11 is 5.79. The van der Waals surface area contributed by atoms with Gasteiger partial charge in [0.2, 0.25) is 11.2 Å². The Kier molecular flexibility index (Phi) is 6.07. The molecule has 7 heteroatoms. The van der Waals surface area contributed by atoms with Crippen LogP contribution in [-0.4, -0.2) is 39.3 Å². The molecule has 1 aromatic heterocycles. The van der Waals surface area contributed by atoms with E-state index in [4.69, 9.17) is 21.4 Å². The molecule has 0 radical (unpaired) electrons. The van der Waals surface area contributed by atoms with Crippen LogP contribution in [-0.2, 0) is 0 Å². The lowest BCUT2D eigenvalue weighted by molar-refractivity contribution is 0.226. The van der Waals surface area contributed by atoms with Gasteiger partial charge in [0.1, 0.15) is 0 Å². The van der Waals surface area contributed by atoms with Crippen LogP contribution in [0.15, 0.2) is 0 Å². The quantitative estimate of drug-likeness (QED) is 0.788. The van der Waals surface area contributed by atoms with Crippen molar-refractivity contribution in [3.05, 3.63) is 5.28 Å². The first kappa shape index (κ1) is 14.9. The zero-order chi connectivity index (χ0) is 13.5. The smallest absolute Gasteiger partial charge is 0.322 e. The Morgan fingerprint density at radius 2 is 2.06 bits per heavy atom. The van der Waals surface area contributed by atoms with Gasteiger partial charge in [-0.05, 0) is 30.9 Å². The summed E-state index contributed by atoms with van der Waals surface area (Å²) in [6.45, 7) is 6.47. The summed E-state index contributed by atoms with van der Waals surface area (Å²) in [6, 6.07) is 0.232. The van der Waals surface area contributed by atoms with Crippen molar-refractivity contribution >= 4 is 17.5 Å². The van der Waals surface area contributed by atoms with Crippen LogP contribution in [0, 0.1) is 5.92 Å². The van der Waals surface area contributed by atoms with E-state index >= 15 is 0 Å². The fourth-order valence-corrected chi connectivity index (χ4v) is 1.31. The molecule has 0 aliphatic rings. The Hall–Kier alpha value is -1.14. The maximum Gasteiger partial charge on any atom is 0.322 e. The van der Waals surface area contributed by atoms with E-state index < -0.39 is 0 Å². The molecule has 102 valence electrons. The van der Waals surface area contributed by atoms with Crippen molar-refractivity contribution < 1.29 is 9.84 Å². The highest BCUT2D eigenvalue weighted by molar-refractivity contribution is 6.28. The second kappa shape index (κ2) is 7.33. The largest absolute Gasteiger partial charge is 0.463 e. The van der Waals surface area contributed by atoms with E-state index in [0.29, 0.717) is 12.6 Å². The second-order valence-corrected chi connectivity index (χ2v) is 4.49. The first-order chi connectivity index (χ1) is 8.56. The zero-order valence-electron chi connectivity index (χ0n) is 10.9. The minimum Gasteiger partial charge on any atom is -0.463 e. The molecule has 0 aliphatic heterocycles. The third-order valence-electron chi connectivity index (χ3n) is 2.52. The molecule has 0 bridgehead atoms. The number of hydrogen-bond donors (Lipinski definition) is 2. The van der Waals surface area contributed by atoms with Gasteiger partial charge in [0, 0.05) is 12.6 Å². The molecule has 2 N–H and O–H groups in total. The number of hydrogen-bond acceptors (Lipinski definition) is 6. The number of anilines is 1. The van der Waals surface area contributed by atoms with Crippen molar-refractivity contribution in [3.63, 3.8) is 0 Å². The first-order valence-electron chi connectivity index (χ1n) is 5.98. The maximum atomic E-state index is 9.06. The van der Waals surface area contributed by atoms with Gasteiger partial charge in [0.05, 0.1) is 6.61 Å². The van der Waals surface area contributed by atoms with Gasteiger partial charge in [-0.1, -0.05) is 13.8 Å². The Labute approximate surface area is 112 Å². The summed E-state index contributed by atoms with van der Waals surface area (Å²) < 4.78 is 5.31. The van der Waals surface area contributed by atoms with Crippen molar-refractivity contribution in [1.82, 2.24) is 15.0 Å². The van der Waals surface area contributed by atoms with Gasteiger partial charge in [-0.25, -0.2) is 0 Å². The molecule has 1 aromatic rings. The third-order valence-corrected chi connectivity index (χ3v) is 2.69. The van der Waals surface area contributed by atoms with Gasteiger partial charge < -0.3 is 15.2 Å². The molecule has 1 rings (SSSR count). The lowest BCUT2D eigenvalue weighted by Crippen LogP contribution is -2.27. The summed E-state index contributed by atoms with van der Waals surface area (Å²) in [5.74, 6) is 0.439. The number of aliphatic hydroxyl groups excluding tert-OH is 1. The summed E-state index contributed by atoms with van der Waals surface area (Å²) in [5.41, 5.74) is 0. The number of nitrogens with one attached hydrogen (secondary N) is 1. The van der Waals surface area contributed by atoms with E-state index in [1.807, 2.05) is 20.8 Å². The number of ether oxygens (including phenoxy) is 1. The van der Waals surface area contributed by atoms with Crippen molar-refractivity contribution in [3.8, 4) is 6.01 Å². The minimum absolute atomic E-state index is 0.0208. The van der Waals surface area contributed by atoms with Crippen LogP contribution in [0.5, 0.6) is 6.01 Å². The van der Waals surface area contributed by atoms with Gasteiger partial charge in [-0.2, -0.15) is 15.0 Å². The Bertz CT molecular complexity index is 378. The van der Waals surface area contributed by atoms with Crippen LogP contribution < -0.4 is 10.1 Å². The number of halogens is 1. The number of aromatic nitrogens is 3. The van der Waals surface area contributed by atoms with Gasteiger partial charge in [0.15, 0.2) is 0 Å². The topological polar surface area (TPSA) is 80.2 Å². The van der Waals surface area contributed by atoms with Crippen LogP contribution in [0.1, 0.15) is 27.2 Å². The SMILES string of the molecule is CCCOc1nc(Cl)nc(NC(C)C(C)CO)n1. The zero-order valence-corrected chi connectivity index (χ0v) is 11.6. The fourth-order valence-electron chi connectivity index (χ4n) is 1.16. The average Bonchev–Trinajstić information content (AvgIpc) is 2.34. The van der Waals surface area contributed by atoms with Crippen LogP contribution >= 0.6 is 11.6 Å². The summed E-state index contributed by atoms with van der Waals surface area (Å²) in [7, 11) is 0. The van der Waals surface area contributed by atoms with Gasteiger partial charge in [-0.3, -0.25) is 0 Å². The van der Waals surface area contributed by atoms with Gasteiger partial charge >= 0.3 is 6.01 Å². The molecular weight excluding hydrogens is 256 g/mol. The van der Waals surface area contributed by atoms with Crippen LogP contribution in [0.25, 0.3) is 0 Å². The average molecular weight is 275 g/mol. The maximum absolute atomic E-state index is 9.06. The van der Waals surface area contributed by atoms with Crippen molar-refractivity contribution in [2.75, 3.05) is 18.5 Å². The van der Waals surface area contributed by atoms with Crippen LogP contribution in [0.3, 0.4) is 0 Å². The number of rotatable bonds is 7. The second-order valence-electron chi connectivity index (χ2n) is 4.15. The fraction of sp³-hybridized carbons (Fsp3) is 0.727. The predicted molar refractivity (Wildman–Crippen MR) is 70.0 cm³/mol. The molecular formula is C11H19ClN4O2. The Morgan fingerprint density at radius 1 is 1.33 bits per heavy atom. The van der Waals surface area contributed by atoms with E-state index in [2.05, 4.69) is 20.3 Å². The van der Waals surface area contributed by atoms with E-state index in [1.54, 1.807) is 0 Å². The molecule has 2 atom stereocenters. The van der Waals surface area contributed by atoms with Crippen LogP contribution in [0.4, 0.5) is 5.95 Å². The third kappa shape index (κ3) is 4.62. The normalized spacial score (nSPS) is 14.1. The first-order valence-corrected chi connectivity index (χ1v) is 6.36. The Balaban J connectivity index is 2.73. The molecule has 0 aliphatic carbocycles. The van der Waals surface area contributed by atoms with E-state index in [9.17, 15) is 0 Å². The van der Waals surface area contributed by atoms with E-state index in [0.717, 1.165) is 6.42 Å².